The molecule has 1 saturated heterocycles. The summed E-state index contributed by atoms with van der Waals surface area (Å²) in [6.07, 6.45) is 2.00. The van der Waals surface area contributed by atoms with Gasteiger partial charge in [-0.2, -0.15) is 0 Å². The van der Waals surface area contributed by atoms with Gasteiger partial charge in [0.15, 0.2) is 11.5 Å². The lowest BCUT2D eigenvalue weighted by Crippen LogP contribution is -2.39. The third kappa shape index (κ3) is 3.65. The number of carbonyl (C=O) groups is 1. The van der Waals surface area contributed by atoms with Crippen molar-refractivity contribution in [3.63, 3.8) is 0 Å². The van der Waals surface area contributed by atoms with Crippen LogP contribution in [0.25, 0.3) is 0 Å². The molecule has 1 aromatic rings. The van der Waals surface area contributed by atoms with Gasteiger partial charge in [-0.3, -0.25) is 4.79 Å². The summed E-state index contributed by atoms with van der Waals surface area (Å²) in [7, 11) is 3.58. The van der Waals surface area contributed by atoms with Crippen molar-refractivity contribution in [2.75, 3.05) is 27.2 Å². The number of methoxy groups -OCH3 is 1. The minimum Gasteiger partial charge on any atom is -0.493 e. The molecule has 1 aliphatic rings. The first kappa shape index (κ1) is 15.6. The highest BCUT2D eigenvalue weighted by molar-refractivity contribution is 5.77. The van der Waals surface area contributed by atoms with Gasteiger partial charge in [-0.1, -0.05) is 12.1 Å². The molecule has 2 unspecified atom stereocenters. The average Bonchev–Trinajstić information content (AvgIpc) is 2.46. The topological polar surface area (TPSA) is 85.0 Å². The van der Waals surface area contributed by atoms with Gasteiger partial charge in [-0.25, -0.2) is 0 Å². The van der Waals surface area contributed by atoms with Crippen molar-refractivity contribution in [2.45, 2.75) is 25.0 Å². The molecule has 3 N–H and O–H groups in total. The fourth-order valence-corrected chi connectivity index (χ4v) is 2.58. The van der Waals surface area contributed by atoms with Crippen LogP contribution in [0.5, 0.6) is 11.5 Å². The number of rotatable bonds is 5. The summed E-state index contributed by atoms with van der Waals surface area (Å²) in [5, 5.41) is 9.14. The average molecular weight is 294 g/mol. The van der Waals surface area contributed by atoms with Crippen LogP contribution < -0.4 is 15.2 Å². The minimum atomic E-state index is -1.13. The highest BCUT2D eigenvalue weighted by Crippen LogP contribution is 2.36. The fraction of sp³-hybridized carbons (Fsp3) is 0.533. The normalized spacial score (nSPS) is 20.8. The number of piperidine rings is 1. The number of hydrogen-bond acceptors (Lipinski definition) is 5. The number of para-hydroxylation sites is 1. The summed E-state index contributed by atoms with van der Waals surface area (Å²) in [5.74, 6) is -0.138. The van der Waals surface area contributed by atoms with Crippen LogP contribution in [0, 0.1) is 0 Å². The lowest BCUT2D eigenvalue weighted by molar-refractivity contribution is -0.138. The number of carboxylic acid groups (broad SMARTS) is 1. The maximum atomic E-state index is 11.2. The van der Waals surface area contributed by atoms with Crippen molar-refractivity contribution in [3.8, 4) is 11.5 Å². The van der Waals surface area contributed by atoms with Gasteiger partial charge in [0.2, 0.25) is 0 Å². The molecule has 2 rings (SSSR count). The SMILES string of the molecule is COc1cccc(C(N)C(=O)O)c1OC1CCCN(C)C1. The van der Waals surface area contributed by atoms with E-state index in [2.05, 4.69) is 4.90 Å². The number of benzene rings is 1. The molecule has 1 fully saturated rings. The van der Waals surface area contributed by atoms with E-state index in [1.807, 2.05) is 7.05 Å². The monoisotopic (exact) mass is 294 g/mol. The number of nitrogens with zero attached hydrogens (tertiary/aromatic N) is 1. The van der Waals surface area contributed by atoms with Crippen molar-refractivity contribution in [1.29, 1.82) is 0 Å². The zero-order valence-corrected chi connectivity index (χ0v) is 12.4. The predicted molar refractivity (Wildman–Crippen MR) is 78.7 cm³/mol. The van der Waals surface area contributed by atoms with E-state index >= 15 is 0 Å². The van der Waals surface area contributed by atoms with Gasteiger partial charge < -0.3 is 25.2 Å². The third-order valence-electron chi connectivity index (χ3n) is 3.70. The molecule has 2 atom stereocenters. The number of likely N-dealkylation sites (tertiary alicyclic amines) is 1. The lowest BCUT2D eigenvalue weighted by Gasteiger charge is -2.31. The highest BCUT2D eigenvalue weighted by atomic mass is 16.5. The van der Waals surface area contributed by atoms with Crippen molar-refractivity contribution in [3.05, 3.63) is 23.8 Å². The summed E-state index contributed by atoms with van der Waals surface area (Å²) < 4.78 is 11.3. The van der Waals surface area contributed by atoms with Crippen LogP contribution in [-0.4, -0.2) is 49.3 Å². The summed E-state index contributed by atoms with van der Waals surface area (Å²) in [6, 6.07) is 4.01. The molecule has 0 bridgehead atoms. The van der Waals surface area contributed by atoms with Crippen LogP contribution in [0.1, 0.15) is 24.4 Å². The molecule has 0 saturated carbocycles. The summed E-state index contributed by atoms with van der Waals surface area (Å²) >= 11 is 0. The quantitative estimate of drug-likeness (QED) is 0.850. The first-order chi connectivity index (χ1) is 10.0. The van der Waals surface area contributed by atoms with E-state index in [4.69, 9.17) is 20.3 Å². The minimum absolute atomic E-state index is 0.0137. The van der Waals surface area contributed by atoms with Crippen molar-refractivity contribution in [2.24, 2.45) is 5.73 Å². The van der Waals surface area contributed by atoms with Crippen LogP contribution in [-0.2, 0) is 4.79 Å². The van der Waals surface area contributed by atoms with Crippen molar-refractivity contribution < 1.29 is 19.4 Å². The Bertz CT molecular complexity index is 506. The second-order valence-electron chi connectivity index (χ2n) is 5.34. The van der Waals surface area contributed by atoms with Gasteiger partial charge in [0.05, 0.1) is 7.11 Å². The van der Waals surface area contributed by atoms with Crippen molar-refractivity contribution >= 4 is 5.97 Å². The van der Waals surface area contributed by atoms with Crippen LogP contribution in [0.2, 0.25) is 0 Å². The fourth-order valence-electron chi connectivity index (χ4n) is 2.58. The third-order valence-corrected chi connectivity index (χ3v) is 3.70. The van der Waals surface area contributed by atoms with E-state index in [0.717, 1.165) is 25.9 Å². The van der Waals surface area contributed by atoms with E-state index < -0.39 is 12.0 Å². The molecule has 0 radical (unpaired) electrons. The smallest absolute Gasteiger partial charge is 0.325 e. The summed E-state index contributed by atoms with van der Waals surface area (Å²) in [6.45, 7) is 1.85. The molecule has 0 aromatic heterocycles. The van der Waals surface area contributed by atoms with E-state index in [1.54, 1.807) is 18.2 Å². The molecule has 0 spiro atoms. The molecule has 116 valence electrons. The van der Waals surface area contributed by atoms with Gasteiger partial charge in [0.1, 0.15) is 12.1 Å². The molecular weight excluding hydrogens is 272 g/mol. The molecule has 6 nitrogen and oxygen atoms in total. The maximum absolute atomic E-state index is 11.2. The highest BCUT2D eigenvalue weighted by Gasteiger charge is 2.25. The molecule has 0 aliphatic carbocycles. The Morgan fingerprint density at radius 2 is 2.29 bits per heavy atom. The van der Waals surface area contributed by atoms with Crippen LogP contribution in [0.3, 0.4) is 0 Å². The molecular formula is C15H22N2O4. The van der Waals surface area contributed by atoms with Crippen LogP contribution >= 0.6 is 0 Å². The predicted octanol–water partition coefficient (Wildman–Crippen LogP) is 1.25. The van der Waals surface area contributed by atoms with E-state index in [0.29, 0.717) is 17.1 Å². The largest absolute Gasteiger partial charge is 0.493 e. The second kappa shape index (κ2) is 6.78. The van der Waals surface area contributed by atoms with Gasteiger partial charge in [0, 0.05) is 12.1 Å². The van der Waals surface area contributed by atoms with E-state index in [-0.39, 0.29) is 6.10 Å². The van der Waals surface area contributed by atoms with E-state index in [1.165, 1.54) is 7.11 Å². The first-order valence-corrected chi connectivity index (χ1v) is 7.03. The molecule has 1 aromatic carbocycles. The van der Waals surface area contributed by atoms with Gasteiger partial charge in [0.25, 0.3) is 0 Å². The number of hydrogen-bond donors (Lipinski definition) is 2. The zero-order valence-electron chi connectivity index (χ0n) is 12.4. The number of ether oxygens (including phenoxy) is 2. The number of nitrogens with two attached hydrogens (primary N) is 1. The Kier molecular flexibility index (Phi) is 5.03. The van der Waals surface area contributed by atoms with E-state index in [9.17, 15) is 4.79 Å². The molecule has 21 heavy (non-hydrogen) atoms. The van der Waals surface area contributed by atoms with Crippen LogP contribution in [0.4, 0.5) is 0 Å². The number of carboxylic acids is 1. The molecule has 6 heteroatoms. The number of aliphatic carboxylic acids is 1. The Morgan fingerprint density at radius 3 is 2.90 bits per heavy atom. The lowest BCUT2D eigenvalue weighted by atomic mass is 10.0. The molecule has 1 aliphatic heterocycles. The Morgan fingerprint density at radius 1 is 1.52 bits per heavy atom. The molecule has 1 heterocycles. The Hall–Kier alpha value is -1.79. The summed E-state index contributed by atoms with van der Waals surface area (Å²) in [5.41, 5.74) is 6.19. The zero-order chi connectivity index (χ0) is 15.4. The van der Waals surface area contributed by atoms with Gasteiger partial charge in [-0.15, -0.1) is 0 Å². The Balaban J connectivity index is 2.28. The summed E-state index contributed by atoms with van der Waals surface area (Å²) in [4.78, 5) is 13.4. The maximum Gasteiger partial charge on any atom is 0.325 e. The first-order valence-electron chi connectivity index (χ1n) is 7.03. The second-order valence-corrected chi connectivity index (χ2v) is 5.34. The van der Waals surface area contributed by atoms with Crippen LogP contribution in [0.15, 0.2) is 18.2 Å². The van der Waals surface area contributed by atoms with Gasteiger partial charge in [-0.05, 0) is 32.5 Å². The molecule has 0 amide bonds. The standard InChI is InChI=1S/C15H22N2O4/c1-17-8-4-5-10(9-17)21-14-11(13(16)15(18)19)6-3-7-12(14)20-2/h3,6-7,10,13H,4-5,8-9,16H2,1-2H3,(H,18,19). The van der Waals surface area contributed by atoms with Crippen molar-refractivity contribution in [1.82, 2.24) is 4.90 Å². The Labute approximate surface area is 124 Å². The number of likely N-dealkylation sites (N-methyl/N-ethyl adjacent to an activating group) is 1. The van der Waals surface area contributed by atoms with Gasteiger partial charge >= 0.3 is 5.97 Å².